The first-order valence-electron chi connectivity index (χ1n) is 4.34. The Balaban J connectivity index is 3.29. The second-order valence-corrected chi connectivity index (χ2v) is 3.75. The van der Waals surface area contributed by atoms with Crippen molar-refractivity contribution >= 4 is 15.9 Å². The fourth-order valence-electron chi connectivity index (χ4n) is 1.10. The molecule has 0 bridgehead atoms. The van der Waals surface area contributed by atoms with Gasteiger partial charge in [-0.2, -0.15) is 5.26 Å². The van der Waals surface area contributed by atoms with E-state index in [4.69, 9.17) is 5.26 Å². The highest BCUT2D eigenvalue weighted by molar-refractivity contribution is 9.10. The molecule has 0 aliphatic heterocycles. The van der Waals surface area contributed by atoms with Crippen LogP contribution >= 0.6 is 15.9 Å². The van der Waals surface area contributed by atoms with E-state index >= 15 is 0 Å². The molecule has 0 radical (unpaired) electrons. The van der Waals surface area contributed by atoms with Gasteiger partial charge in [0.25, 0.3) is 6.43 Å². The summed E-state index contributed by atoms with van der Waals surface area (Å²) in [5.41, 5.74) is -1.11. The Hall–Kier alpha value is -1.43. The molecule has 0 aliphatic carbocycles. The van der Waals surface area contributed by atoms with E-state index in [1.165, 1.54) is 0 Å². The van der Waals surface area contributed by atoms with Crippen molar-refractivity contribution in [2.24, 2.45) is 0 Å². The van der Waals surface area contributed by atoms with Gasteiger partial charge in [-0.05, 0) is 15.9 Å². The number of alkyl halides is 5. The van der Waals surface area contributed by atoms with Crippen LogP contribution in [0.15, 0.2) is 10.7 Å². The molecule has 98 valence electrons. The van der Waals surface area contributed by atoms with Gasteiger partial charge >= 0.3 is 6.36 Å². The zero-order valence-electron chi connectivity index (χ0n) is 8.43. The Morgan fingerprint density at radius 3 is 2.50 bits per heavy atom. The molecule has 0 atom stereocenters. The lowest BCUT2D eigenvalue weighted by molar-refractivity contribution is -0.275. The fourth-order valence-corrected chi connectivity index (χ4v) is 1.64. The first-order chi connectivity index (χ1) is 8.24. The number of ether oxygens (including phenoxy) is 1. The van der Waals surface area contributed by atoms with E-state index < -0.39 is 30.7 Å². The Kier molecular flexibility index (Phi) is 4.45. The molecular weight excluding hydrogens is 327 g/mol. The van der Waals surface area contributed by atoms with Crippen LogP contribution in [0.2, 0.25) is 0 Å². The minimum atomic E-state index is -5.04. The molecule has 1 heterocycles. The van der Waals surface area contributed by atoms with E-state index in [1.807, 2.05) is 0 Å². The number of nitrogens with zero attached hydrogens (tertiary/aromatic N) is 2. The number of nitriles is 1. The molecule has 0 fully saturated rings. The molecule has 1 aromatic rings. The number of pyridine rings is 1. The molecule has 0 amide bonds. The van der Waals surface area contributed by atoms with Crippen molar-refractivity contribution in [3.05, 3.63) is 21.9 Å². The standard InChI is InChI=1S/C9H4BrF5N2O/c10-7-4(1-2-16)6(18-9(13,14)15)3-5(17-7)8(11)12/h3,8H,1H2. The van der Waals surface area contributed by atoms with Gasteiger partial charge in [-0.1, -0.05) is 0 Å². The monoisotopic (exact) mass is 330 g/mol. The number of halogens is 6. The molecule has 18 heavy (non-hydrogen) atoms. The van der Waals surface area contributed by atoms with Gasteiger partial charge in [0.1, 0.15) is 16.0 Å². The zero-order valence-corrected chi connectivity index (χ0v) is 10.0. The van der Waals surface area contributed by atoms with Crippen molar-refractivity contribution in [2.45, 2.75) is 19.2 Å². The summed E-state index contributed by atoms with van der Waals surface area (Å²) in [6, 6.07) is 2.06. The lowest BCUT2D eigenvalue weighted by atomic mass is 10.2. The summed E-state index contributed by atoms with van der Waals surface area (Å²) in [5.74, 6) is -0.860. The molecule has 1 aromatic heterocycles. The normalized spacial score (nSPS) is 11.4. The molecule has 0 N–H and O–H groups in total. The maximum atomic E-state index is 12.4. The maximum Gasteiger partial charge on any atom is 0.573 e. The average molecular weight is 331 g/mol. The smallest absolute Gasteiger partial charge is 0.405 e. The van der Waals surface area contributed by atoms with Crippen molar-refractivity contribution in [3.63, 3.8) is 0 Å². The number of hydrogen-bond acceptors (Lipinski definition) is 3. The summed E-state index contributed by atoms with van der Waals surface area (Å²) < 4.78 is 64.4. The van der Waals surface area contributed by atoms with E-state index in [1.54, 1.807) is 6.07 Å². The predicted octanol–water partition coefficient (Wildman–Crippen LogP) is 3.75. The molecule has 0 saturated carbocycles. The summed E-state index contributed by atoms with van der Waals surface area (Å²) in [5, 5.41) is 8.46. The van der Waals surface area contributed by atoms with Crippen LogP contribution in [0, 0.1) is 11.3 Å². The van der Waals surface area contributed by atoms with Gasteiger partial charge < -0.3 is 4.74 Å². The molecule has 1 rings (SSSR count). The van der Waals surface area contributed by atoms with Gasteiger partial charge in [0, 0.05) is 11.6 Å². The third-order valence-electron chi connectivity index (χ3n) is 1.76. The first-order valence-corrected chi connectivity index (χ1v) is 5.14. The molecule has 0 aromatic carbocycles. The van der Waals surface area contributed by atoms with Crippen molar-refractivity contribution in [1.82, 2.24) is 4.98 Å². The summed E-state index contributed by atoms with van der Waals surface area (Å²) in [6.07, 6.45) is -8.54. The zero-order chi connectivity index (χ0) is 13.9. The molecule has 0 saturated heterocycles. The van der Waals surface area contributed by atoms with E-state index in [-0.39, 0.29) is 10.2 Å². The number of hydrogen-bond donors (Lipinski definition) is 0. The predicted molar refractivity (Wildman–Crippen MR) is 52.9 cm³/mol. The van der Waals surface area contributed by atoms with E-state index in [0.29, 0.717) is 6.07 Å². The van der Waals surface area contributed by atoms with Crippen molar-refractivity contribution in [2.75, 3.05) is 0 Å². The average Bonchev–Trinajstić information content (AvgIpc) is 2.20. The van der Waals surface area contributed by atoms with Crippen molar-refractivity contribution in [1.29, 1.82) is 5.26 Å². The second kappa shape index (κ2) is 5.48. The molecular formula is C9H4BrF5N2O. The SMILES string of the molecule is N#CCc1c(OC(F)(F)F)cc(C(F)F)nc1Br. The number of aromatic nitrogens is 1. The quantitative estimate of drug-likeness (QED) is 0.626. The van der Waals surface area contributed by atoms with Crippen LogP contribution in [0.4, 0.5) is 22.0 Å². The van der Waals surface area contributed by atoms with Crippen molar-refractivity contribution in [3.8, 4) is 11.8 Å². The highest BCUT2D eigenvalue weighted by Crippen LogP contribution is 2.33. The van der Waals surface area contributed by atoms with Gasteiger partial charge in [0.15, 0.2) is 0 Å². The van der Waals surface area contributed by atoms with Gasteiger partial charge in [-0.25, -0.2) is 13.8 Å². The Morgan fingerprint density at radius 1 is 1.44 bits per heavy atom. The molecule has 0 aliphatic rings. The third kappa shape index (κ3) is 3.80. The van der Waals surface area contributed by atoms with Crippen LogP contribution in [0.5, 0.6) is 5.75 Å². The molecule has 3 nitrogen and oxygen atoms in total. The summed E-state index contributed by atoms with van der Waals surface area (Å²) >= 11 is 2.73. The Bertz CT molecular complexity index is 483. The van der Waals surface area contributed by atoms with E-state index in [2.05, 4.69) is 25.7 Å². The lowest BCUT2D eigenvalue weighted by Gasteiger charge is -2.14. The topological polar surface area (TPSA) is 45.9 Å². The van der Waals surface area contributed by atoms with Gasteiger partial charge in [0.05, 0.1) is 12.5 Å². The van der Waals surface area contributed by atoms with Crippen LogP contribution in [0.3, 0.4) is 0 Å². The van der Waals surface area contributed by atoms with Gasteiger partial charge in [-0.15, -0.1) is 13.2 Å². The number of rotatable bonds is 3. The fraction of sp³-hybridized carbons (Fsp3) is 0.333. The van der Waals surface area contributed by atoms with Crippen LogP contribution in [0.1, 0.15) is 17.7 Å². The maximum absolute atomic E-state index is 12.4. The first kappa shape index (κ1) is 14.6. The highest BCUT2D eigenvalue weighted by atomic mass is 79.9. The van der Waals surface area contributed by atoms with Gasteiger partial charge in [-0.3, -0.25) is 0 Å². The van der Waals surface area contributed by atoms with Gasteiger partial charge in [0.2, 0.25) is 0 Å². The van der Waals surface area contributed by atoms with E-state index in [9.17, 15) is 22.0 Å². The van der Waals surface area contributed by atoms with Crippen LogP contribution in [-0.4, -0.2) is 11.3 Å². The second-order valence-electron chi connectivity index (χ2n) is 3.00. The van der Waals surface area contributed by atoms with Crippen LogP contribution in [-0.2, 0) is 6.42 Å². The van der Waals surface area contributed by atoms with Crippen molar-refractivity contribution < 1.29 is 26.7 Å². The summed E-state index contributed by atoms with van der Waals surface area (Å²) in [6.45, 7) is 0. The molecule has 9 heteroatoms. The summed E-state index contributed by atoms with van der Waals surface area (Å²) in [4.78, 5) is 3.35. The third-order valence-corrected chi connectivity index (χ3v) is 2.41. The van der Waals surface area contributed by atoms with E-state index in [0.717, 1.165) is 0 Å². The highest BCUT2D eigenvalue weighted by Gasteiger charge is 2.33. The minimum absolute atomic E-state index is 0.237. The summed E-state index contributed by atoms with van der Waals surface area (Å²) in [7, 11) is 0. The Morgan fingerprint density at radius 2 is 2.06 bits per heavy atom. The molecule has 0 spiro atoms. The largest absolute Gasteiger partial charge is 0.573 e. The molecule has 0 unspecified atom stereocenters. The Labute approximate surface area is 106 Å². The minimum Gasteiger partial charge on any atom is -0.405 e. The van der Waals surface area contributed by atoms with Crippen LogP contribution in [0.25, 0.3) is 0 Å². The van der Waals surface area contributed by atoms with Crippen LogP contribution < -0.4 is 4.74 Å². The lowest BCUT2D eigenvalue weighted by Crippen LogP contribution is -2.18.